The number of carbonyl (C=O) groups excluding carboxylic acids is 2. The van der Waals surface area contributed by atoms with Crippen LogP contribution in [-0.2, 0) is 9.59 Å². The number of carbonyl (C=O) groups is 2. The van der Waals surface area contributed by atoms with Crippen LogP contribution in [0.4, 0.5) is 20.2 Å². The van der Waals surface area contributed by atoms with E-state index in [1.165, 1.54) is 6.07 Å². The van der Waals surface area contributed by atoms with Crippen molar-refractivity contribution in [1.29, 1.82) is 0 Å². The van der Waals surface area contributed by atoms with E-state index in [-0.39, 0.29) is 5.91 Å². The molecule has 2 aromatic carbocycles. The van der Waals surface area contributed by atoms with Gasteiger partial charge in [-0.05, 0) is 52.7 Å². The Morgan fingerprint density at radius 1 is 1.23 bits per heavy atom. The minimum absolute atomic E-state index is 0.271. The molecule has 1 N–H and O–H groups in total. The fourth-order valence-corrected chi connectivity index (χ4v) is 3.87. The molecule has 1 fully saturated rings. The van der Waals surface area contributed by atoms with E-state index in [1.807, 2.05) is 24.3 Å². The summed E-state index contributed by atoms with van der Waals surface area (Å²) in [5.74, 6) is -4.03. The standard InChI is InChI=1S/C18H15BrF2N2O2S/c19-14-6-1-2-7-15(14)23-9-8-13(17(23)25)16(24)22-11-4-3-5-12(10-11)26-18(20)21/h1-7,10,13,18H,8-9H2,(H,22,24). The van der Waals surface area contributed by atoms with Gasteiger partial charge in [0.15, 0.2) is 0 Å². The highest BCUT2D eigenvalue weighted by atomic mass is 79.9. The van der Waals surface area contributed by atoms with Crippen molar-refractivity contribution >= 4 is 50.9 Å². The lowest BCUT2D eigenvalue weighted by atomic mass is 10.1. The Hall–Kier alpha value is -1.93. The molecule has 26 heavy (non-hydrogen) atoms. The third-order valence-corrected chi connectivity index (χ3v) is 5.37. The van der Waals surface area contributed by atoms with Gasteiger partial charge in [0.2, 0.25) is 11.8 Å². The average molecular weight is 441 g/mol. The van der Waals surface area contributed by atoms with Gasteiger partial charge in [0.05, 0.1) is 5.69 Å². The molecule has 1 saturated heterocycles. The van der Waals surface area contributed by atoms with E-state index in [2.05, 4.69) is 21.2 Å². The van der Waals surface area contributed by atoms with E-state index < -0.39 is 17.6 Å². The molecule has 3 rings (SSSR count). The van der Waals surface area contributed by atoms with Gasteiger partial charge >= 0.3 is 0 Å². The summed E-state index contributed by atoms with van der Waals surface area (Å²) in [7, 11) is 0. The summed E-state index contributed by atoms with van der Waals surface area (Å²) in [6.45, 7) is 0.445. The molecule has 1 heterocycles. The van der Waals surface area contributed by atoms with Crippen LogP contribution >= 0.6 is 27.7 Å². The Kier molecular flexibility index (Phi) is 5.93. The smallest absolute Gasteiger partial charge is 0.288 e. The van der Waals surface area contributed by atoms with E-state index in [1.54, 1.807) is 23.1 Å². The first-order valence-electron chi connectivity index (χ1n) is 7.87. The van der Waals surface area contributed by atoms with E-state index in [0.717, 1.165) is 10.2 Å². The number of benzene rings is 2. The van der Waals surface area contributed by atoms with Crippen molar-refractivity contribution in [2.45, 2.75) is 17.1 Å². The van der Waals surface area contributed by atoms with Gasteiger partial charge in [-0.3, -0.25) is 9.59 Å². The fraction of sp³-hybridized carbons (Fsp3) is 0.222. The van der Waals surface area contributed by atoms with Crippen molar-refractivity contribution in [1.82, 2.24) is 0 Å². The van der Waals surface area contributed by atoms with Crippen LogP contribution in [0.1, 0.15) is 6.42 Å². The van der Waals surface area contributed by atoms with Crippen LogP contribution in [0.5, 0.6) is 0 Å². The molecule has 4 nitrogen and oxygen atoms in total. The molecular weight excluding hydrogens is 426 g/mol. The first-order chi connectivity index (χ1) is 12.5. The van der Waals surface area contributed by atoms with E-state index in [9.17, 15) is 18.4 Å². The topological polar surface area (TPSA) is 49.4 Å². The number of nitrogens with zero attached hydrogens (tertiary/aromatic N) is 1. The molecule has 2 amide bonds. The van der Waals surface area contributed by atoms with Crippen LogP contribution in [-0.4, -0.2) is 24.1 Å². The zero-order chi connectivity index (χ0) is 18.7. The number of halogens is 3. The normalized spacial score (nSPS) is 17.0. The highest BCUT2D eigenvalue weighted by Gasteiger charge is 2.38. The van der Waals surface area contributed by atoms with Crippen molar-refractivity contribution in [3.8, 4) is 0 Å². The molecule has 0 radical (unpaired) electrons. The molecule has 136 valence electrons. The molecule has 0 bridgehead atoms. The minimum Gasteiger partial charge on any atom is -0.325 e. The molecule has 1 aliphatic heterocycles. The molecule has 1 atom stereocenters. The molecule has 0 spiro atoms. The van der Waals surface area contributed by atoms with Crippen LogP contribution in [0.3, 0.4) is 0 Å². The summed E-state index contributed by atoms with van der Waals surface area (Å²) in [6, 6.07) is 13.5. The van der Waals surface area contributed by atoms with Crippen LogP contribution in [0.2, 0.25) is 0 Å². The van der Waals surface area contributed by atoms with Crippen molar-refractivity contribution in [3.05, 3.63) is 53.0 Å². The second-order valence-electron chi connectivity index (χ2n) is 5.68. The van der Waals surface area contributed by atoms with Crippen LogP contribution in [0.15, 0.2) is 57.9 Å². The van der Waals surface area contributed by atoms with Gasteiger partial charge in [-0.15, -0.1) is 0 Å². The highest BCUT2D eigenvalue weighted by Crippen LogP contribution is 2.32. The first-order valence-corrected chi connectivity index (χ1v) is 9.54. The number of hydrogen-bond donors (Lipinski definition) is 1. The van der Waals surface area contributed by atoms with Gasteiger partial charge in [-0.25, -0.2) is 0 Å². The zero-order valence-electron chi connectivity index (χ0n) is 13.5. The quantitative estimate of drug-likeness (QED) is 0.538. The zero-order valence-corrected chi connectivity index (χ0v) is 15.9. The lowest BCUT2D eigenvalue weighted by Crippen LogP contribution is -2.33. The van der Waals surface area contributed by atoms with Crippen LogP contribution in [0.25, 0.3) is 0 Å². The van der Waals surface area contributed by atoms with E-state index in [4.69, 9.17) is 0 Å². The first kappa shape index (κ1) is 18.8. The molecule has 0 aliphatic carbocycles. The third kappa shape index (κ3) is 4.24. The number of para-hydroxylation sites is 1. The minimum atomic E-state index is -2.53. The fourth-order valence-electron chi connectivity index (χ4n) is 2.81. The van der Waals surface area contributed by atoms with Crippen molar-refractivity contribution < 1.29 is 18.4 Å². The Labute approximate surface area is 162 Å². The Balaban J connectivity index is 1.70. The Bertz CT molecular complexity index is 834. The number of hydrogen-bond acceptors (Lipinski definition) is 3. The van der Waals surface area contributed by atoms with Crippen molar-refractivity contribution in [3.63, 3.8) is 0 Å². The second kappa shape index (κ2) is 8.18. The van der Waals surface area contributed by atoms with E-state index in [0.29, 0.717) is 35.3 Å². The molecule has 0 saturated carbocycles. The van der Waals surface area contributed by atoms with Gasteiger partial charge in [0, 0.05) is 21.6 Å². The summed E-state index contributed by atoms with van der Waals surface area (Å²) >= 11 is 3.82. The molecule has 0 aromatic heterocycles. The van der Waals surface area contributed by atoms with Gasteiger partial charge in [-0.2, -0.15) is 8.78 Å². The number of anilines is 2. The van der Waals surface area contributed by atoms with Gasteiger partial charge < -0.3 is 10.2 Å². The monoisotopic (exact) mass is 440 g/mol. The maximum absolute atomic E-state index is 12.6. The molecule has 1 unspecified atom stereocenters. The third-order valence-electron chi connectivity index (χ3n) is 3.99. The summed E-state index contributed by atoms with van der Waals surface area (Å²) in [5.41, 5.74) is 1.12. The summed E-state index contributed by atoms with van der Waals surface area (Å²) in [4.78, 5) is 27.1. The van der Waals surface area contributed by atoms with E-state index >= 15 is 0 Å². The van der Waals surface area contributed by atoms with Gasteiger partial charge in [0.25, 0.3) is 5.76 Å². The number of nitrogens with one attached hydrogen (secondary N) is 1. The lowest BCUT2D eigenvalue weighted by molar-refractivity contribution is -0.129. The lowest BCUT2D eigenvalue weighted by Gasteiger charge is -2.18. The van der Waals surface area contributed by atoms with Crippen LogP contribution < -0.4 is 10.2 Å². The van der Waals surface area contributed by atoms with Crippen LogP contribution in [0, 0.1) is 5.92 Å². The number of rotatable bonds is 5. The largest absolute Gasteiger partial charge is 0.325 e. The summed E-state index contributed by atoms with van der Waals surface area (Å²) < 4.78 is 25.7. The van der Waals surface area contributed by atoms with Gasteiger partial charge in [-0.1, -0.05) is 30.0 Å². The highest BCUT2D eigenvalue weighted by molar-refractivity contribution is 9.10. The maximum Gasteiger partial charge on any atom is 0.288 e. The van der Waals surface area contributed by atoms with Crippen molar-refractivity contribution in [2.24, 2.45) is 5.92 Å². The number of thioether (sulfide) groups is 1. The molecule has 8 heteroatoms. The summed E-state index contributed by atoms with van der Waals surface area (Å²) in [6.07, 6.45) is 0.400. The second-order valence-corrected chi connectivity index (χ2v) is 7.60. The number of amides is 2. The molecule has 1 aliphatic rings. The number of alkyl halides is 2. The van der Waals surface area contributed by atoms with Crippen molar-refractivity contribution in [2.75, 3.05) is 16.8 Å². The predicted molar refractivity (Wildman–Crippen MR) is 102 cm³/mol. The average Bonchev–Trinajstić information content (AvgIpc) is 2.96. The summed E-state index contributed by atoms with van der Waals surface area (Å²) in [5, 5.41) is 2.66. The molecular formula is C18H15BrF2N2O2S. The predicted octanol–water partition coefficient (Wildman–Crippen LogP) is 4.76. The maximum atomic E-state index is 12.6. The SMILES string of the molecule is O=C(Nc1cccc(SC(F)F)c1)C1CCN(c2ccccc2Br)C1=O. The molecule has 2 aromatic rings. The Morgan fingerprint density at radius 3 is 2.73 bits per heavy atom. The van der Waals surface area contributed by atoms with Gasteiger partial charge in [0.1, 0.15) is 5.92 Å². The Morgan fingerprint density at radius 2 is 2.00 bits per heavy atom.